The number of carbonyl (C=O) groups excluding carboxylic acids is 2. The second-order valence-corrected chi connectivity index (χ2v) is 7.76. The zero-order valence-corrected chi connectivity index (χ0v) is 16.2. The predicted octanol–water partition coefficient (Wildman–Crippen LogP) is 4.42. The van der Waals surface area contributed by atoms with Crippen LogP contribution in [0.3, 0.4) is 0 Å². The van der Waals surface area contributed by atoms with Gasteiger partial charge in [-0.15, -0.1) is 11.3 Å². The van der Waals surface area contributed by atoms with Gasteiger partial charge in [0.2, 0.25) is 0 Å². The third-order valence-electron chi connectivity index (χ3n) is 4.59. The summed E-state index contributed by atoms with van der Waals surface area (Å²) in [5.74, 6) is -1.55. The molecule has 140 valence electrons. The Balaban J connectivity index is 1.85. The number of hydrogen-bond acceptors (Lipinski definition) is 5. The molecule has 2 aromatic heterocycles. The van der Waals surface area contributed by atoms with Crippen LogP contribution in [0.15, 0.2) is 71.9 Å². The van der Waals surface area contributed by atoms with Crippen molar-refractivity contribution in [1.29, 1.82) is 0 Å². The van der Waals surface area contributed by atoms with Crippen LogP contribution in [-0.4, -0.2) is 26.7 Å². The maximum Gasteiger partial charge on any atom is 0.295 e. The first-order chi connectivity index (χ1) is 13.6. The molecule has 1 amide bonds. The monoisotopic (exact) mass is 410 g/mol. The molecule has 28 heavy (non-hydrogen) atoms. The second kappa shape index (κ2) is 7.58. The zero-order valence-electron chi connectivity index (χ0n) is 14.6. The van der Waals surface area contributed by atoms with Crippen molar-refractivity contribution < 1.29 is 14.7 Å². The number of benzene rings is 1. The lowest BCUT2D eigenvalue weighted by atomic mass is 9.96. The van der Waals surface area contributed by atoms with E-state index in [0.717, 1.165) is 4.88 Å². The summed E-state index contributed by atoms with van der Waals surface area (Å²) in [4.78, 5) is 32.1. The van der Waals surface area contributed by atoms with E-state index in [1.54, 1.807) is 48.8 Å². The fourth-order valence-corrected chi connectivity index (χ4v) is 4.10. The Kier molecular flexibility index (Phi) is 4.98. The summed E-state index contributed by atoms with van der Waals surface area (Å²) >= 11 is 7.43. The Labute approximate surface area is 170 Å². The van der Waals surface area contributed by atoms with Gasteiger partial charge >= 0.3 is 0 Å². The van der Waals surface area contributed by atoms with Crippen molar-refractivity contribution in [3.63, 3.8) is 0 Å². The molecule has 7 heteroatoms. The van der Waals surface area contributed by atoms with Crippen molar-refractivity contribution in [2.45, 2.75) is 12.6 Å². The van der Waals surface area contributed by atoms with Gasteiger partial charge in [-0.1, -0.05) is 17.7 Å². The number of thiophene rings is 1. The van der Waals surface area contributed by atoms with Crippen LogP contribution in [-0.2, 0) is 16.1 Å². The third kappa shape index (κ3) is 3.32. The number of aliphatic hydroxyl groups excluding tert-OH is 1. The van der Waals surface area contributed by atoms with Crippen molar-refractivity contribution in [3.8, 4) is 0 Å². The van der Waals surface area contributed by atoms with Gasteiger partial charge in [-0.3, -0.25) is 14.6 Å². The molecule has 4 rings (SSSR count). The summed E-state index contributed by atoms with van der Waals surface area (Å²) < 4.78 is 0. The number of rotatable bonds is 4. The van der Waals surface area contributed by atoms with Gasteiger partial charge < -0.3 is 10.0 Å². The Morgan fingerprint density at radius 1 is 1.11 bits per heavy atom. The number of halogens is 1. The standard InChI is InChI=1S/C21H15ClN2O3S/c22-15-5-3-14(4-6-15)19(25)17-18(13-7-9-23-10-8-13)24(21(27)20(17)26)12-16-2-1-11-28-16/h1-11,18,25H,12H2/b19-17-. The summed E-state index contributed by atoms with van der Waals surface area (Å²) in [5.41, 5.74) is 1.20. The molecule has 3 heterocycles. The molecule has 1 fully saturated rings. The molecule has 0 aliphatic carbocycles. The highest BCUT2D eigenvalue weighted by molar-refractivity contribution is 7.09. The highest BCUT2D eigenvalue weighted by Crippen LogP contribution is 2.40. The maximum absolute atomic E-state index is 12.9. The van der Waals surface area contributed by atoms with E-state index >= 15 is 0 Å². The molecule has 1 unspecified atom stereocenters. The van der Waals surface area contributed by atoms with Gasteiger partial charge in [0.15, 0.2) is 0 Å². The number of hydrogen-bond donors (Lipinski definition) is 1. The van der Waals surface area contributed by atoms with Gasteiger partial charge in [-0.2, -0.15) is 0 Å². The van der Waals surface area contributed by atoms with Crippen molar-refractivity contribution in [1.82, 2.24) is 9.88 Å². The average Bonchev–Trinajstić information content (AvgIpc) is 3.31. The minimum Gasteiger partial charge on any atom is -0.507 e. The molecule has 1 N–H and O–H groups in total. The molecule has 1 saturated heterocycles. The van der Waals surface area contributed by atoms with Gasteiger partial charge in [0.25, 0.3) is 11.7 Å². The summed E-state index contributed by atoms with van der Waals surface area (Å²) in [6, 6.07) is 13.1. The Hall–Kier alpha value is -2.96. The first kappa shape index (κ1) is 18.4. The molecule has 1 aliphatic rings. The van der Waals surface area contributed by atoms with Crippen molar-refractivity contribution in [2.24, 2.45) is 0 Å². The van der Waals surface area contributed by atoms with Crippen molar-refractivity contribution >= 4 is 40.4 Å². The van der Waals surface area contributed by atoms with Crippen LogP contribution in [0, 0.1) is 0 Å². The van der Waals surface area contributed by atoms with Crippen LogP contribution >= 0.6 is 22.9 Å². The van der Waals surface area contributed by atoms with Gasteiger partial charge in [0, 0.05) is 27.9 Å². The van der Waals surface area contributed by atoms with Crippen molar-refractivity contribution in [2.75, 3.05) is 0 Å². The number of carbonyl (C=O) groups is 2. The minimum atomic E-state index is -0.703. The number of nitrogens with zero attached hydrogens (tertiary/aromatic N) is 2. The topological polar surface area (TPSA) is 70.5 Å². The lowest BCUT2D eigenvalue weighted by Gasteiger charge is -2.24. The van der Waals surface area contributed by atoms with E-state index in [1.165, 1.54) is 16.2 Å². The molecule has 1 atom stereocenters. The highest BCUT2D eigenvalue weighted by Gasteiger charge is 2.46. The van der Waals surface area contributed by atoms with Gasteiger partial charge in [0.05, 0.1) is 18.2 Å². The third-order valence-corrected chi connectivity index (χ3v) is 5.70. The molecule has 1 aliphatic heterocycles. The van der Waals surface area contributed by atoms with E-state index in [-0.39, 0.29) is 17.9 Å². The lowest BCUT2D eigenvalue weighted by molar-refractivity contribution is -0.140. The number of ketones is 1. The quantitative estimate of drug-likeness (QED) is 0.392. The normalized spacial score (nSPS) is 18.6. The summed E-state index contributed by atoms with van der Waals surface area (Å²) in [6.45, 7) is 0.284. The van der Waals surface area contributed by atoms with Crippen LogP contribution in [0.25, 0.3) is 5.76 Å². The fraction of sp³-hybridized carbons (Fsp3) is 0.0952. The predicted molar refractivity (Wildman–Crippen MR) is 108 cm³/mol. The van der Waals surface area contributed by atoms with Gasteiger partial charge in [-0.05, 0) is 53.4 Å². The van der Waals surface area contributed by atoms with Crippen LogP contribution in [0.5, 0.6) is 0 Å². The van der Waals surface area contributed by atoms with Crippen LogP contribution < -0.4 is 0 Å². The minimum absolute atomic E-state index is 0.0649. The largest absolute Gasteiger partial charge is 0.507 e. The highest BCUT2D eigenvalue weighted by atomic mass is 35.5. The van der Waals surface area contributed by atoms with E-state index < -0.39 is 17.7 Å². The SMILES string of the molecule is O=C1C(=O)N(Cc2cccs2)C(c2ccncc2)/C1=C(/O)c1ccc(Cl)cc1. The smallest absolute Gasteiger partial charge is 0.295 e. The van der Waals surface area contributed by atoms with E-state index in [2.05, 4.69) is 4.98 Å². The Morgan fingerprint density at radius 2 is 1.82 bits per heavy atom. The molecule has 0 spiro atoms. The van der Waals surface area contributed by atoms with E-state index in [1.807, 2.05) is 17.5 Å². The molecule has 1 aromatic carbocycles. The first-order valence-electron chi connectivity index (χ1n) is 8.53. The fourth-order valence-electron chi connectivity index (χ4n) is 3.27. The van der Waals surface area contributed by atoms with Crippen LogP contribution in [0.1, 0.15) is 22.0 Å². The molecule has 3 aromatic rings. The molecule has 0 bridgehead atoms. The first-order valence-corrected chi connectivity index (χ1v) is 9.78. The van der Waals surface area contributed by atoms with Gasteiger partial charge in [0.1, 0.15) is 5.76 Å². The molecule has 0 radical (unpaired) electrons. The second-order valence-electron chi connectivity index (χ2n) is 6.29. The number of amides is 1. The molecular weight excluding hydrogens is 396 g/mol. The average molecular weight is 411 g/mol. The number of likely N-dealkylation sites (tertiary alicyclic amines) is 1. The molecular formula is C21H15ClN2O3S. The molecule has 5 nitrogen and oxygen atoms in total. The van der Waals surface area contributed by atoms with E-state index in [9.17, 15) is 14.7 Å². The number of aliphatic hydroxyl groups is 1. The Morgan fingerprint density at radius 3 is 2.46 bits per heavy atom. The van der Waals surface area contributed by atoms with E-state index in [4.69, 9.17) is 11.6 Å². The van der Waals surface area contributed by atoms with Crippen LogP contribution in [0.2, 0.25) is 5.02 Å². The van der Waals surface area contributed by atoms with E-state index in [0.29, 0.717) is 16.1 Å². The Bertz CT molecular complexity index is 1050. The molecule has 0 saturated carbocycles. The lowest BCUT2D eigenvalue weighted by Crippen LogP contribution is -2.28. The summed E-state index contributed by atoms with van der Waals surface area (Å²) in [7, 11) is 0. The zero-order chi connectivity index (χ0) is 19.7. The number of pyridine rings is 1. The van der Waals surface area contributed by atoms with Gasteiger partial charge in [-0.25, -0.2) is 0 Å². The van der Waals surface area contributed by atoms with Crippen LogP contribution in [0.4, 0.5) is 0 Å². The van der Waals surface area contributed by atoms with Crippen molar-refractivity contribution in [3.05, 3.63) is 92.9 Å². The number of aromatic nitrogens is 1. The summed E-state index contributed by atoms with van der Waals surface area (Å²) in [6.07, 6.45) is 3.20. The maximum atomic E-state index is 12.9. The summed E-state index contributed by atoms with van der Waals surface area (Å²) in [5, 5.41) is 13.3. The number of Topliss-reactive ketones (excluding diaryl/α,β-unsaturated/α-hetero) is 1.